The molecule has 3 aromatic carbocycles. The number of aromatic hydroxyl groups is 1. The quantitative estimate of drug-likeness (QED) is 0.286. The molecule has 11 heteroatoms. The molecule has 3 aliphatic heterocycles. The molecule has 1 aromatic heterocycles. The molecule has 2 bridgehead atoms. The van der Waals surface area contributed by atoms with E-state index in [1.807, 2.05) is 11.8 Å². The number of carbonyl (C=O) groups is 1. The van der Waals surface area contributed by atoms with Crippen molar-refractivity contribution in [1.82, 2.24) is 20.6 Å². The topological polar surface area (TPSA) is 99.6 Å². The number of halogens is 3. The van der Waals surface area contributed by atoms with E-state index in [1.54, 1.807) is 6.92 Å². The van der Waals surface area contributed by atoms with Gasteiger partial charge in [-0.3, -0.25) is 4.79 Å². The van der Waals surface area contributed by atoms with Crippen molar-refractivity contribution in [2.45, 2.75) is 63.6 Å². The minimum atomic E-state index is -0.958. The zero-order chi connectivity index (χ0) is 30.0. The Morgan fingerprint density at radius 2 is 1.86 bits per heavy atom. The number of aromatic nitrogens is 2. The first kappa shape index (κ1) is 27.7. The van der Waals surface area contributed by atoms with Crippen molar-refractivity contribution in [3.8, 4) is 22.9 Å². The number of nitrogens with zero attached hydrogens (tertiary/aromatic N) is 3. The highest BCUT2D eigenvalue weighted by molar-refractivity contribution is 6.03. The van der Waals surface area contributed by atoms with Gasteiger partial charge in [-0.1, -0.05) is 13.0 Å². The predicted molar refractivity (Wildman–Crippen MR) is 157 cm³/mol. The molecule has 0 saturated carbocycles. The molecule has 3 unspecified atom stereocenters. The molecule has 3 aliphatic rings. The predicted octanol–water partition coefficient (Wildman–Crippen LogP) is 5.12. The highest BCUT2D eigenvalue weighted by atomic mass is 19.1. The van der Waals surface area contributed by atoms with Gasteiger partial charge in [0.25, 0.3) is 0 Å². The average Bonchev–Trinajstić information content (AvgIpc) is 3.50. The number of hydrogen-bond acceptors (Lipinski definition) is 7. The van der Waals surface area contributed by atoms with Crippen LogP contribution in [0.2, 0.25) is 0 Å². The van der Waals surface area contributed by atoms with E-state index in [9.17, 15) is 14.3 Å². The Labute approximate surface area is 246 Å². The van der Waals surface area contributed by atoms with Gasteiger partial charge in [0.2, 0.25) is 5.91 Å². The minimum absolute atomic E-state index is 0.0345. The third-order valence-electron chi connectivity index (χ3n) is 9.00. The summed E-state index contributed by atoms with van der Waals surface area (Å²) >= 11 is 0. The Hall–Kier alpha value is -4.12. The lowest BCUT2D eigenvalue weighted by Gasteiger charge is -2.34. The maximum absolute atomic E-state index is 16.7. The molecule has 3 fully saturated rings. The molecular weight excluding hydrogens is 559 g/mol. The standard InChI is InChI=1S/C32H32F3N5O3/c1-3-20-23(33)7-4-16-10-19(41)11-21(26(16)20)27-24(34)12-22-29(28(27)35)37-31(43-15-32(2)9-8-25(42)39-32)38-30(22)40-13-17-5-6-18(14-40)36-17/h4,7,10-12,17-18,36,41H,3,5-6,8-9,13-15H2,1-2H3,(H,39,42). The van der Waals surface area contributed by atoms with Crippen LogP contribution >= 0.6 is 0 Å². The summed E-state index contributed by atoms with van der Waals surface area (Å²) in [7, 11) is 0. The molecule has 4 heterocycles. The third-order valence-corrected chi connectivity index (χ3v) is 9.00. The SMILES string of the molecule is CCc1c(F)ccc2cc(O)cc(-c3c(F)cc4c(N5CC6CCC(C5)N6)nc(OCC5(C)CCC(=O)N5)nc4c3F)c12. The number of nitrogens with one attached hydrogen (secondary N) is 2. The van der Waals surface area contributed by atoms with E-state index in [2.05, 4.69) is 20.6 Å². The van der Waals surface area contributed by atoms with E-state index in [-0.39, 0.29) is 59.2 Å². The van der Waals surface area contributed by atoms with Crippen molar-refractivity contribution in [3.05, 3.63) is 53.3 Å². The van der Waals surface area contributed by atoms with E-state index < -0.39 is 28.6 Å². The molecule has 0 radical (unpaired) electrons. The fourth-order valence-corrected chi connectivity index (χ4v) is 6.91. The second-order valence-corrected chi connectivity index (χ2v) is 12.2. The molecule has 1 amide bonds. The fraction of sp³-hybridized carbons (Fsp3) is 0.406. The number of benzene rings is 3. The molecule has 4 aromatic rings. The third kappa shape index (κ3) is 4.79. The minimum Gasteiger partial charge on any atom is -0.508 e. The summed E-state index contributed by atoms with van der Waals surface area (Å²) in [6, 6.07) is 7.06. The van der Waals surface area contributed by atoms with Crippen molar-refractivity contribution in [2.75, 3.05) is 24.6 Å². The van der Waals surface area contributed by atoms with Gasteiger partial charge >= 0.3 is 6.01 Å². The van der Waals surface area contributed by atoms with Gasteiger partial charge in [0.05, 0.1) is 11.1 Å². The average molecular weight is 592 g/mol. The van der Waals surface area contributed by atoms with Crippen LogP contribution in [0.1, 0.15) is 45.1 Å². The summed E-state index contributed by atoms with van der Waals surface area (Å²) in [5, 5.41) is 17.9. The van der Waals surface area contributed by atoms with Crippen molar-refractivity contribution in [3.63, 3.8) is 0 Å². The molecule has 8 nitrogen and oxygen atoms in total. The van der Waals surface area contributed by atoms with Gasteiger partial charge in [0, 0.05) is 37.0 Å². The van der Waals surface area contributed by atoms with Gasteiger partial charge in [-0.15, -0.1) is 0 Å². The number of anilines is 1. The van der Waals surface area contributed by atoms with E-state index >= 15 is 8.78 Å². The number of piperazine rings is 1. The van der Waals surface area contributed by atoms with Crippen LogP contribution in [0, 0.1) is 17.5 Å². The van der Waals surface area contributed by atoms with Crippen LogP contribution in [0.4, 0.5) is 19.0 Å². The highest BCUT2D eigenvalue weighted by Crippen LogP contribution is 2.42. The maximum atomic E-state index is 16.7. The lowest BCUT2D eigenvalue weighted by Crippen LogP contribution is -2.51. The van der Waals surface area contributed by atoms with Crippen molar-refractivity contribution in [1.29, 1.82) is 0 Å². The summed E-state index contributed by atoms with van der Waals surface area (Å²) in [5.41, 5.74) is -0.861. The van der Waals surface area contributed by atoms with E-state index in [1.165, 1.54) is 30.3 Å². The van der Waals surface area contributed by atoms with Gasteiger partial charge < -0.3 is 25.4 Å². The number of carbonyl (C=O) groups excluding carboxylic acids is 1. The first-order valence-corrected chi connectivity index (χ1v) is 14.7. The smallest absolute Gasteiger partial charge is 0.319 e. The number of amides is 1. The monoisotopic (exact) mass is 591 g/mol. The largest absolute Gasteiger partial charge is 0.508 e. The zero-order valence-electron chi connectivity index (χ0n) is 23.9. The van der Waals surface area contributed by atoms with Gasteiger partial charge in [0.1, 0.15) is 35.3 Å². The van der Waals surface area contributed by atoms with E-state index in [4.69, 9.17) is 4.74 Å². The number of rotatable bonds is 6. The van der Waals surface area contributed by atoms with E-state index in [0.29, 0.717) is 48.1 Å². The number of fused-ring (bicyclic) bond motifs is 4. The Bertz CT molecular complexity index is 1790. The summed E-state index contributed by atoms with van der Waals surface area (Å²) in [5.74, 6) is -2.24. The first-order chi connectivity index (χ1) is 20.6. The van der Waals surface area contributed by atoms with Gasteiger partial charge in [-0.2, -0.15) is 9.97 Å². The Morgan fingerprint density at radius 3 is 2.56 bits per heavy atom. The van der Waals surface area contributed by atoms with Crippen LogP contribution in [-0.2, 0) is 11.2 Å². The summed E-state index contributed by atoms with van der Waals surface area (Å²) < 4.78 is 53.8. The number of phenolic OH excluding ortho intramolecular Hbond substituents is 1. The van der Waals surface area contributed by atoms with Gasteiger partial charge in [-0.05, 0) is 78.8 Å². The first-order valence-electron chi connectivity index (χ1n) is 14.7. The molecule has 3 saturated heterocycles. The van der Waals surface area contributed by atoms with Gasteiger partial charge in [0.15, 0.2) is 5.82 Å². The number of aryl methyl sites for hydroxylation is 1. The fourth-order valence-electron chi connectivity index (χ4n) is 6.91. The molecule has 43 heavy (non-hydrogen) atoms. The lowest BCUT2D eigenvalue weighted by atomic mass is 9.91. The second kappa shape index (κ2) is 10.3. The summed E-state index contributed by atoms with van der Waals surface area (Å²) in [6.45, 7) is 4.91. The van der Waals surface area contributed by atoms with Crippen LogP contribution in [0.25, 0.3) is 32.8 Å². The molecule has 224 valence electrons. The van der Waals surface area contributed by atoms with Gasteiger partial charge in [-0.25, -0.2) is 13.2 Å². The Balaban J connectivity index is 1.42. The molecule has 0 aliphatic carbocycles. The van der Waals surface area contributed by atoms with Crippen LogP contribution in [-0.4, -0.2) is 58.3 Å². The normalized spacial score (nSPS) is 23.4. The molecule has 7 rings (SSSR count). The number of phenols is 1. The Morgan fingerprint density at radius 1 is 1.09 bits per heavy atom. The van der Waals surface area contributed by atoms with Crippen LogP contribution in [0.3, 0.4) is 0 Å². The van der Waals surface area contributed by atoms with Crippen LogP contribution < -0.4 is 20.3 Å². The van der Waals surface area contributed by atoms with Crippen molar-refractivity contribution >= 4 is 33.4 Å². The molecule has 3 N–H and O–H groups in total. The number of ether oxygens (including phenoxy) is 1. The maximum Gasteiger partial charge on any atom is 0.319 e. The molecular formula is C32H32F3N5O3. The van der Waals surface area contributed by atoms with E-state index in [0.717, 1.165) is 12.8 Å². The van der Waals surface area contributed by atoms with Crippen LogP contribution in [0.5, 0.6) is 11.8 Å². The second-order valence-electron chi connectivity index (χ2n) is 12.2. The zero-order valence-corrected chi connectivity index (χ0v) is 23.9. The van der Waals surface area contributed by atoms with Crippen LogP contribution in [0.15, 0.2) is 30.3 Å². The lowest BCUT2D eigenvalue weighted by molar-refractivity contribution is -0.119. The Kier molecular flexibility index (Phi) is 6.61. The van der Waals surface area contributed by atoms with Crippen molar-refractivity contribution < 1.29 is 27.8 Å². The van der Waals surface area contributed by atoms with Crippen molar-refractivity contribution in [2.24, 2.45) is 0 Å². The highest BCUT2D eigenvalue weighted by Gasteiger charge is 2.36. The summed E-state index contributed by atoms with van der Waals surface area (Å²) in [6.07, 6.45) is 3.22. The summed E-state index contributed by atoms with van der Waals surface area (Å²) in [4.78, 5) is 23.0. The molecule has 0 spiro atoms. The molecule has 3 atom stereocenters. The number of hydrogen-bond donors (Lipinski definition) is 3.